The summed E-state index contributed by atoms with van der Waals surface area (Å²) in [6.45, 7) is 3.82. The molecule has 0 heterocycles. The van der Waals surface area contributed by atoms with Crippen LogP contribution in [0.5, 0.6) is 11.5 Å². The highest BCUT2D eigenvalue weighted by atomic mass is 35.5. The minimum Gasteiger partial charge on any atom is -0.490 e. The Kier molecular flexibility index (Phi) is 7.97. The summed E-state index contributed by atoms with van der Waals surface area (Å²) >= 11 is 12.1. The van der Waals surface area contributed by atoms with Crippen LogP contribution in [0, 0.1) is 6.92 Å². The van der Waals surface area contributed by atoms with E-state index in [1.165, 1.54) is 30.5 Å². The molecular formula is C23H20Cl2N2O5S. The molecule has 33 heavy (non-hydrogen) atoms. The molecule has 0 aliphatic carbocycles. The molecule has 0 unspecified atom stereocenters. The van der Waals surface area contributed by atoms with Gasteiger partial charge < -0.3 is 8.92 Å². The molecule has 1 N–H and O–H groups in total. The summed E-state index contributed by atoms with van der Waals surface area (Å²) in [5.41, 5.74) is 4.15. The van der Waals surface area contributed by atoms with E-state index in [2.05, 4.69) is 10.5 Å². The fourth-order valence-electron chi connectivity index (χ4n) is 2.70. The molecule has 1 amide bonds. The van der Waals surface area contributed by atoms with Crippen molar-refractivity contribution in [3.8, 4) is 11.5 Å². The van der Waals surface area contributed by atoms with Crippen LogP contribution >= 0.6 is 23.2 Å². The Morgan fingerprint density at radius 3 is 2.36 bits per heavy atom. The van der Waals surface area contributed by atoms with Gasteiger partial charge >= 0.3 is 10.1 Å². The zero-order chi connectivity index (χ0) is 24.0. The number of carbonyl (C=O) groups is 1. The van der Waals surface area contributed by atoms with Crippen molar-refractivity contribution in [2.24, 2.45) is 5.10 Å². The van der Waals surface area contributed by atoms with Crippen molar-refractivity contribution in [3.63, 3.8) is 0 Å². The third-order valence-corrected chi connectivity index (χ3v) is 6.09. The van der Waals surface area contributed by atoms with Crippen molar-refractivity contribution >= 4 is 45.4 Å². The lowest BCUT2D eigenvalue weighted by Crippen LogP contribution is -2.17. The first-order valence-corrected chi connectivity index (χ1v) is 11.9. The summed E-state index contributed by atoms with van der Waals surface area (Å²) in [7, 11) is -4.13. The van der Waals surface area contributed by atoms with Gasteiger partial charge in [-0.15, -0.1) is 0 Å². The number of rotatable bonds is 8. The minimum absolute atomic E-state index is 0.00196. The number of hydrogen-bond acceptors (Lipinski definition) is 6. The van der Waals surface area contributed by atoms with Gasteiger partial charge in [0.2, 0.25) is 5.75 Å². The number of nitrogens with one attached hydrogen (secondary N) is 1. The predicted octanol–water partition coefficient (Wildman–Crippen LogP) is 5.23. The average molecular weight is 507 g/mol. The molecule has 0 aromatic heterocycles. The van der Waals surface area contributed by atoms with Crippen molar-refractivity contribution in [3.05, 3.63) is 87.4 Å². The first-order chi connectivity index (χ1) is 15.7. The van der Waals surface area contributed by atoms with E-state index in [9.17, 15) is 13.2 Å². The zero-order valence-corrected chi connectivity index (χ0v) is 20.0. The molecular weight excluding hydrogens is 487 g/mol. The number of aryl methyl sites for hydroxylation is 1. The molecule has 3 rings (SSSR count). The molecule has 0 atom stereocenters. The van der Waals surface area contributed by atoms with Crippen LogP contribution in [0.2, 0.25) is 10.0 Å². The molecule has 0 spiro atoms. The molecule has 0 fully saturated rings. The Labute approximate surface area is 202 Å². The SMILES string of the molecule is CCOc1cc(/C=N\NC(=O)c2ccc(Cl)cc2)cc(Cl)c1OS(=O)(=O)c1ccc(C)cc1. The molecule has 0 aliphatic rings. The maximum absolute atomic E-state index is 12.7. The smallest absolute Gasteiger partial charge is 0.339 e. The van der Waals surface area contributed by atoms with E-state index < -0.39 is 16.0 Å². The maximum atomic E-state index is 12.7. The van der Waals surface area contributed by atoms with Gasteiger partial charge in [-0.3, -0.25) is 4.79 Å². The van der Waals surface area contributed by atoms with E-state index in [1.807, 2.05) is 6.92 Å². The summed E-state index contributed by atoms with van der Waals surface area (Å²) in [6.07, 6.45) is 1.35. The highest BCUT2D eigenvalue weighted by Gasteiger charge is 2.22. The fraction of sp³-hybridized carbons (Fsp3) is 0.130. The van der Waals surface area contributed by atoms with Crippen molar-refractivity contribution in [2.45, 2.75) is 18.7 Å². The summed E-state index contributed by atoms with van der Waals surface area (Å²) in [5, 5.41) is 4.43. The zero-order valence-electron chi connectivity index (χ0n) is 17.7. The largest absolute Gasteiger partial charge is 0.490 e. The van der Waals surface area contributed by atoms with Crippen LogP contribution in [0.3, 0.4) is 0 Å². The summed E-state index contributed by atoms with van der Waals surface area (Å²) < 4.78 is 36.2. The van der Waals surface area contributed by atoms with E-state index >= 15 is 0 Å². The minimum atomic E-state index is -4.13. The normalized spacial score (nSPS) is 11.4. The lowest BCUT2D eigenvalue weighted by molar-refractivity contribution is 0.0955. The monoisotopic (exact) mass is 506 g/mol. The van der Waals surface area contributed by atoms with Crippen LogP contribution in [0.15, 0.2) is 70.7 Å². The summed E-state index contributed by atoms with van der Waals surface area (Å²) in [5.74, 6) is -0.448. The Balaban J connectivity index is 1.81. The van der Waals surface area contributed by atoms with Crippen LogP contribution in [0.25, 0.3) is 0 Å². The Bertz CT molecular complexity index is 1280. The van der Waals surface area contributed by atoms with Crippen LogP contribution in [0.1, 0.15) is 28.4 Å². The molecule has 10 heteroatoms. The predicted molar refractivity (Wildman–Crippen MR) is 128 cm³/mol. The molecule has 172 valence electrons. The van der Waals surface area contributed by atoms with Gasteiger partial charge in [0.05, 0.1) is 17.8 Å². The number of benzene rings is 3. The van der Waals surface area contributed by atoms with Gasteiger partial charge in [0.25, 0.3) is 5.91 Å². The van der Waals surface area contributed by atoms with Gasteiger partial charge in [0.1, 0.15) is 4.90 Å². The third kappa shape index (κ3) is 6.47. The maximum Gasteiger partial charge on any atom is 0.339 e. The first kappa shape index (κ1) is 24.6. The number of halogens is 2. The van der Waals surface area contributed by atoms with E-state index in [-0.39, 0.29) is 28.0 Å². The van der Waals surface area contributed by atoms with Gasteiger partial charge in [-0.2, -0.15) is 13.5 Å². The van der Waals surface area contributed by atoms with E-state index in [1.54, 1.807) is 43.3 Å². The van der Waals surface area contributed by atoms with Crippen LogP contribution in [-0.4, -0.2) is 27.1 Å². The lowest BCUT2D eigenvalue weighted by Gasteiger charge is -2.14. The highest BCUT2D eigenvalue weighted by molar-refractivity contribution is 7.87. The first-order valence-electron chi connectivity index (χ1n) is 9.76. The summed E-state index contributed by atoms with van der Waals surface area (Å²) in [4.78, 5) is 12.1. The van der Waals surface area contributed by atoms with Gasteiger partial charge in [0, 0.05) is 10.6 Å². The van der Waals surface area contributed by atoms with E-state index in [0.29, 0.717) is 16.1 Å². The van der Waals surface area contributed by atoms with Gasteiger partial charge in [-0.25, -0.2) is 5.43 Å². The molecule has 0 aliphatic heterocycles. The van der Waals surface area contributed by atoms with Crippen molar-refractivity contribution in [1.82, 2.24) is 5.43 Å². The number of amides is 1. The topological polar surface area (TPSA) is 94.1 Å². The Morgan fingerprint density at radius 1 is 1.06 bits per heavy atom. The van der Waals surface area contributed by atoms with Crippen molar-refractivity contribution in [2.75, 3.05) is 6.61 Å². The molecule has 0 bridgehead atoms. The van der Waals surface area contributed by atoms with E-state index in [4.69, 9.17) is 32.1 Å². The molecule has 3 aromatic rings. The van der Waals surface area contributed by atoms with E-state index in [0.717, 1.165) is 5.56 Å². The Hall–Kier alpha value is -3.07. The van der Waals surface area contributed by atoms with Gasteiger partial charge in [-0.05, 0) is 67.9 Å². The second-order valence-electron chi connectivity index (χ2n) is 6.82. The second kappa shape index (κ2) is 10.7. The van der Waals surface area contributed by atoms with Gasteiger partial charge in [0.15, 0.2) is 5.75 Å². The molecule has 3 aromatic carbocycles. The lowest BCUT2D eigenvalue weighted by atomic mass is 10.2. The fourth-order valence-corrected chi connectivity index (χ4v) is 4.09. The highest BCUT2D eigenvalue weighted by Crippen LogP contribution is 2.38. The molecule has 0 saturated carbocycles. The average Bonchev–Trinajstić information content (AvgIpc) is 2.77. The van der Waals surface area contributed by atoms with Crippen LogP contribution < -0.4 is 14.3 Å². The molecule has 7 nitrogen and oxygen atoms in total. The van der Waals surface area contributed by atoms with Crippen LogP contribution in [-0.2, 0) is 10.1 Å². The molecule has 0 saturated heterocycles. The number of ether oxygens (including phenoxy) is 1. The number of hydrogen-bond donors (Lipinski definition) is 1. The number of hydrazone groups is 1. The van der Waals surface area contributed by atoms with Crippen molar-refractivity contribution in [1.29, 1.82) is 0 Å². The number of carbonyl (C=O) groups excluding carboxylic acids is 1. The second-order valence-corrected chi connectivity index (χ2v) is 9.21. The standard InChI is InChI=1S/C23H20Cl2N2O5S/c1-3-31-21-13-16(14-26-27-23(28)17-6-8-18(24)9-7-17)12-20(25)22(21)32-33(29,30)19-10-4-15(2)5-11-19/h4-14H,3H2,1-2H3,(H,27,28)/b26-14-. The quantitative estimate of drug-likeness (QED) is 0.256. The van der Waals surface area contributed by atoms with Gasteiger partial charge in [-0.1, -0.05) is 40.9 Å². The number of nitrogens with zero attached hydrogens (tertiary/aromatic N) is 1. The third-order valence-electron chi connectivity index (χ3n) is 4.32. The Morgan fingerprint density at radius 2 is 1.73 bits per heavy atom. The summed E-state index contributed by atoms with van der Waals surface area (Å²) in [6, 6.07) is 15.5. The molecule has 0 radical (unpaired) electrons. The van der Waals surface area contributed by atoms with Crippen molar-refractivity contribution < 1.29 is 22.1 Å². The van der Waals surface area contributed by atoms with Crippen LogP contribution in [0.4, 0.5) is 0 Å².